The van der Waals surface area contributed by atoms with Gasteiger partial charge in [0, 0.05) is 35.9 Å². The number of nitrogens with one attached hydrogen (secondary N) is 1. The summed E-state index contributed by atoms with van der Waals surface area (Å²) in [6.45, 7) is 12.6. The topological polar surface area (TPSA) is 35.5 Å². The number of hydrogen-bond acceptors (Lipinski definition) is 4. The van der Waals surface area contributed by atoms with Crippen LogP contribution in [0.15, 0.2) is 18.7 Å². The molecule has 1 aromatic heterocycles. The second-order valence-corrected chi connectivity index (χ2v) is 5.66. The summed E-state index contributed by atoms with van der Waals surface area (Å²) < 4.78 is 0. The zero-order valence-electron chi connectivity index (χ0n) is 11.4. The van der Waals surface area contributed by atoms with Gasteiger partial charge in [0.2, 0.25) is 0 Å². The number of aryl methyl sites for hydroxylation is 1. The van der Waals surface area contributed by atoms with E-state index in [9.17, 15) is 0 Å². The van der Waals surface area contributed by atoms with Gasteiger partial charge in [0.05, 0.1) is 6.61 Å². The van der Waals surface area contributed by atoms with E-state index in [-0.39, 0.29) is 6.61 Å². The van der Waals surface area contributed by atoms with E-state index in [1.54, 1.807) is 0 Å². The highest BCUT2D eigenvalue weighted by Crippen LogP contribution is 2.22. The first kappa shape index (κ1) is 15.4. The molecule has 0 saturated carbocycles. The molecule has 0 radical (unpaired) electrons. The van der Waals surface area contributed by atoms with E-state index in [2.05, 4.69) is 36.7 Å². The van der Waals surface area contributed by atoms with Gasteiger partial charge in [-0.15, -0.1) is 17.9 Å². The van der Waals surface area contributed by atoms with Crippen molar-refractivity contribution in [3.63, 3.8) is 0 Å². The van der Waals surface area contributed by atoms with Crippen LogP contribution in [-0.2, 0) is 13.1 Å². The first-order chi connectivity index (χ1) is 8.71. The van der Waals surface area contributed by atoms with Crippen molar-refractivity contribution in [1.82, 2.24) is 10.2 Å². The molecule has 18 heavy (non-hydrogen) atoms. The molecule has 0 amide bonds. The SMILES string of the molecule is C=CCN(CCO)Cc1cc(CNCC)sc1C. The van der Waals surface area contributed by atoms with Crippen LogP contribution >= 0.6 is 11.3 Å². The monoisotopic (exact) mass is 268 g/mol. The Hall–Kier alpha value is -0.680. The lowest BCUT2D eigenvalue weighted by Crippen LogP contribution is -2.26. The fourth-order valence-corrected chi connectivity index (χ4v) is 2.90. The molecule has 0 aliphatic rings. The normalized spacial score (nSPS) is 11.1. The Balaban J connectivity index is 2.63. The Morgan fingerprint density at radius 2 is 2.33 bits per heavy atom. The van der Waals surface area contributed by atoms with Crippen LogP contribution in [0, 0.1) is 6.92 Å². The molecule has 2 N–H and O–H groups in total. The van der Waals surface area contributed by atoms with Crippen molar-refractivity contribution < 1.29 is 5.11 Å². The quantitative estimate of drug-likeness (QED) is 0.674. The summed E-state index contributed by atoms with van der Waals surface area (Å²) in [5, 5.41) is 12.4. The minimum Gasteiger partial charge on any atom is -0.395 e. The standard InChI is InChI=1S/C14H24N2OS/c1-4-6-16(7-8-17)11-13-9-14(10-15-5-2)18-12(13)3/h4,9,15,17H,1,5-8,10-11H2,2-3H3. The predicted molar refractivity (Wildman–Crippen MR) is 79.0 cm³/mol. The van der Waals surface area contributed by atoms with Gasteiger partial charge in [0.25, 0.3) is 0 Å². The first-order valence-corrected chi connectivity index (χ1v) is 7.25. The molecular weight excluding hydrogens is 244 g/mol. The maximum atomic E-state index is 9.05. The van der Waals surface area contributed by atoms with Crippen LogP contribution in [0.4, 0.5) is 0 Å². The average Bonchev–Trinajstić information content (AvgIpc) is 2.68. The number of hydrogen-bond donors (Lipinski definition) is 2. The number of rotatable bonds is 9. The molecule has 1 rings (SSSR count). The van der Waals surface area contributed by atoms with Crippen LogP contribution in [0.2, 0.25) is 0 Å². The largest absolute Gasteiger partial charge is 0.395 e. The fourth-order valence-electron chi connectivity index (χ4n) is 1.88. The minimum atomic E-state index is 0.196. The van der Waals surface area contributed by atoms with Crippen LogP contribution in [0.1, 0.15) is 22.2 Å². The number of nitrogens with zero attached hydrogens (tertiary/aromatic N) is 1. The zero-order valence-corrected chi connectivity index (χ0v) is 12.2. The summed E-state index contributed by atoms with van der Waals surface area (Å²) >= 11 is 1.85. The molecule has 0 unspecified atom stereocenters. The van der Waals surface area contributed by atoms with Crippen LogP contribution in [0.25, 0.3) is 0 Å². The van der Waals surface area contributed by atoms with Crippen LogP contribution in [0.3, 0.4) is 0 Å². The lowest BCUT2D eigenvalue weighted by atomic mass is 10.2. The van der Waals surface area contributed by atoms with Crippen LogP contribution in [-0.4, -0.2) is 36.2 Å². The molecule has 0 spiro atoms. The third-order valence-corrected chi connectivity index (χ3v) is 3.91. The van der Waals surface area contributed by atoms with Crippen molar-refractivity contribution in [3.8, 4) is 0 Å². The Bertz CT molecular complexity index is 363. The smallest absolute Gasteiger partial charge is 0.0558 e. The molecule has 4 heteroatoms. The highest BCUT2D eigenvalue weighted by atomic mass is 32.1. The second-order valence-electron chi connectivity index (χ2n) is 4.32. The number of aliphatic hydroxyl groups is 1. The summed E-state index contributed by atoms with van der Waals surface area (Å²) in [6, 6.07) is 2.27. The summed E-state index contributed by atoms with van der Waals surface area (Å²) in [5.74, 6) is 0. The van der Waals surface area contributed by atoms with Crippen molar-refractivity contribution in [1.29, 1.82) is 0 Å². The molecule has 0 atom stereocenters. The molecule has 102 valence electrons. The Morgan fingerprint density at radius 3 is 2.94 bits per heavy atom. The van der Waals surface area contributed by atoms with E-state index < -0.39 is 0 Å². The summed E-state index contributed by atoms with van der Waals surface area (Å²) in [4.78, 5) is 4.96. The predicted octanol–water partition coefficient (Wildman–Crippen LogP) is 2.15. The lowest BCUT2D eigenvalue weighted by molar-refractivity contribution is 0.203. The van der Waals surface area contributed by atoms with Gasteiger partial charge in [0.15, 0.2) is 0 Å². The van der Waals surface area contributed by atoms with E-state index in [0.717, 1.165) is 26.2 Å². The van der Waals surface area contributed by atoms with Crippen LogP contribution < -0.4 is 5.32 Å². The summed E-state index contributed by atoms with van der Waals surface area (Å²) in [6.07, 6.45) is 1.89. The molecule has 1 aromatic rings. The Morgan fingerprint density at radius 1 is 1.56 bits per heavy atom. The molecule has 0 aromatic carbocycles. The zero-order chi connectivity index (χ0) is 13.4. The molecule has 1 heterocycles. The van der Waals surface area contributed by atoms with Gasteiger partial charge < -0.3 is 10.4 Å². The third kappa shape index (κ3) is 4.90. The molecule has 0 bridgehead atoms. The van der Waals surface area contributed by atoms with Gasteiger partial charge in [-0.1, -0.05) is 13.0 Å². The Kier molecular flexibility index (Phi) is 7.20. The minimum absolute atomic E-state index is 0.196. The molecule has 0 aliphatic heterocycles. The van der Waals surface area contributed by atoms with Gasteiger partial charge in [-0.2, -0.15) is 0 Å². The van der Waals surface area contributed by atoms with Crippen molar-refractivity contribution in [2.24, 2.45) is 0 Å². The van der Waals surface area contributed by atoms with Gasteiger partial charge >= 0.3 is 0 Å². The number of aliphatic hydroxyl groups excluding tert-OH is 1. The molecule has 0 saturated heterocycles. The summed E-state index contributed by atoms with van der Waals surface area (Å²) in [7, 11) is 0. The molecule has 0 fully saturated rings. The lowest BCUT2D eigenvalue weighted by Gasteiger charge is -2.19. The molecule has 0 aliphatic carbocycles. The average molecular weight is 268 g/mol. The van der Waals surface area contributed by atoms with Crippen molar-refractivity contribution in [2.45, 2.75) is 26.9 Å². The van der Waals surface area contributed by atoms with Crippen molar-refractivity contribution in [3.05, 3.63) is 34.0 Å². The van der Waals surface area contributed by atoms with Gasteiger partial charge in [-0.25, -0.2) is 0 Å². The van der Waals surface area contributed by atoms with Gasteiger partial charge in [-0.05, 0) is 25.1 Å². The highest BCUT2D eigenvalue weighted by Gasteiger charge is 2.09. The maximum absolute atomic E-state index is 9.05. The fraction of sp³-hybridized carbons (Fsp3) is 0.571. The Labute approximate surface area is 114 Å². The summed E-state index contributed by atoms with van der Waals surface area (Å²) in [5.41, 5.74) is 1.36. The van der Waals surface area contributed by atoms with Crippen molar-refractivity contribution >= 4 is 11.3 Å². The molecule has 3 nitrogen and oxygen atoms in total. The van der Waals surface area contributed by atoms with E-state index in [1.807, 2.05) is 17.4 Å². The second kappa shape index (κ2) is 8.43. The van der Waals surface area contributed by atoms with E-state index >= 15 is 0 Å². The third-order valence-electron chi connectivity index (χ3n) is 2.82. The van der Waals surface area contributed by atoms with Crippen LogP contribution in [0.5, 0.6) is 0 Å². The molecular formula is C14H24N2OS. The highest BCUT2D eigenvalue weighted by molar-refractivity contribution is 7.12. The maximum Gasteiger partial charge on any atom is 0.0558 e. The van der Waals surface area contributed by atoms with Gasteiger partial charge in [0.1, 0.15) is 0 Å². The van der Waals surface area contributed by atoms with Crippen molar-refractivity contribution in [2.75, 3.05) is 26.2 Å². The number of thiophene rings is 1. The van der Waals surface area contributed by atoms with E-state index in [0.29, 0.717) is 6.54 Å². The van der Waals surface area contributed by atoms with E-state index in [4.69, 9.17) is 5.11 Å². The first-order valence-electron chi connectivity index (χ1n) is 6.44. The van der Waals surface area contributed by atoms with Gasteiger partial charge in [-0.3, -0.25) is 4.90 Å². The van der Waals surface area contributed by atoms with E-state index in [1.165, 1.54) is 15.3 Å².